The minimum absolute atomic E-state index is 0.498. The first kappa shape index (κ1) is 15.7. The number of nitrogen functional groups attached to an aromatic ring is 1. The third-order valence-corrected chi connectivity index (χ3v) is 5.14. The van der Waals surface area contributed by atoms with Gasteiger partial charge in [0.25, 0.3) is 0 Å². The number of benzene rings is 2. The lowest BCUT2D eigenvalue weighted by molar-refractivity contribution is 0.992. The summed E-state index contributed by atoms with van der Waals surface area (Å²) in [6, 6.07) is 18.8. The van der Waals surface area contributed by atoms with Gasteiger partial charge in [-0.3, -0.25) is 4.98 Å². The van der Waals surface area contributed by atoms with E-state index in [0.717, 1.165) is 40.6 Å². The normalized spacial score (nSPS) is 13.3. The lowest BCUT2D eigenvalue weighted by Crippen LogP contribution is -2.02. The van der Waals surface area contributed by atoms with Crippen molar-refractivity contribution in [1.29, 1.82) is 0 Å². The van der Waals surface area contributed by atoms with E-state index in [1.54, 1.807) is 0 Å². The zero-order valence-electron chi connectivity index (χ0n) is 14.8. The zero-order valence-corrected chi connectivity index (χ0v) is 14.8. The lowest BCUT2D eigenvalue weighted by atomic mass is 9.88. The molecule has 2 heterocycles. The Morgan fingerprint density at radius 3 is 2.74 bits per heavy atom. The van der Waals surface area contributed by atoms with Gasteiger partial charge in [-0.2, -0.15) is 0 Å². The van der Waals surface area contributed by atoms with Gasteiger partial charge in [0.1, 0.15) is 12.1 Å². The third kappa shape index (κ3) is 2.75. The Morgan fingerprint density at radius 1 is 0.852 bits per heavy atom. The molecule has 0 unspecified atom stereocenters. The van der Waals surface area contributed by atoms with Crippen LogP contribution in [0.5, 0.6) is 0 Å². The van der Waals surface area contributed by atoms with Crippen LogP contribution in [0.2, 0.25) is 0 Å². The summed E-state index contributed by atoms with van der Waals surface area (Å²) >= 11 is 0. The van der Waals surface area contributed by atoms with Crippen molar-refractivity contribution in [1.82, 2.24) is 15.0 Å². The van der Waals surface area contributed by atoms with Crippen molar-refractivity contribution in [2.24, 2.45) is 0 Å². The number of hydrogen-bond acceptors (Lipinski definition) is 4. The second-order valence-electron chi connectivity index (χ2n) is 6.76. The maximum atomic E-state index is 6.06. The van der Waals surface area contributed by atoms with Crippen LogP contribution < -0.4 is 5.73 Å². The van der Waals surface area contributed by atoms with Gasteiger partial charge >= 0.3 is 0 Å². The molecule has 1 aliphatic rings. The molecule has 0 saturated heterocycles. The van der Waals surface area contributed by atoms with Crippen molar-refractivity contribution in [3.8, 4) is 11.1 Å². The summed E-state index contributed by atoms with van der Waals surface area (Å²) in [5.41, 5.74) is 14.1. The molecule has 1 aliphatic carbocycles. The van der Waals surface area contributed by atoms with Gasteiger partial charge < -0.3 is 5.73 Å². The van der Waals surface area contributed by atoms with E-state index in [4.69, 9.17) is 10.7 Å². The number of aromatic nitrogens is 3. The van der Waals surface area contributed by atoms with Crippen LogP contribution in [0.4, 0.5) is 5.82 Å². The van der Waals surface area contributed by atoms with E-state index in [0.29, 0.717) is 5.82 Å². The molecule has 0 atom stereocenters. The molecule has 0 spiro atoms. The molecular formula is C23H18N4. The fraction of sp³-hybridized carbons (Fsp3) is 0.0870. The number of nitrogens with two attached hydrogens (primary N) is 1. The Kier molecular flexibility index (Phi) is 3.68. The zero-order chi connectivity index (χ0) is 18.2. The summed E-state index contributed by atoms with van der Waals surface area (Å²) in [6.07, 6.45) is 7.65. The van der Waals surface area contributed by atoms with Crippen molar-refractivity contribution in [2.75, 3.05) is 5.73 Å². The number of fused-ring (bicyclic) bond motifs is 2. The van der Waals surface area contributed by atoms with E-state index in [2.05, 4.69) is 58.5 Å². The average molecular weight is 350 g/mol. The molecule has 27 heavy (non-hydrogen) atoms. The highest BCUT2D eigenvalue weighted by atomic mass is 14.9. The Balaban J connectivity index is 1.66. The van der Waals surface area contributed by atoms with Crippen LogP contribution in [0.3, 0.4) is 0 Å². The molecule has 4 aromatic rings. The van der Waals surface area contributed by atoms with Gasteiger partial charge in [0.15, 0.2) is 0 Å². The van der Waals surface area contributed by atoms with Gasteiger partial charge in [-0.25, -0.2) is 9.97 Å². The summed E-state index contributed by atoms with van der Waals surface area (Å²) in [6.45, 7) is 0. The predicted octanol–water partition coefficient (Wildman–Crippen LogP) is 4.76. The fourth-order valence-corrected chi connectivity index (χ4v) is 3.76. The minimum Gasteiger partial charge on any atom is -0.383 e. The molecule has 0 fully saturated rings. The highest BCUT2D eigenvalue weighted by Gasteiger charge is 2.16. The van der Waals surface area contributed by atoms with Crippen LogP contribution in [-0.4, -0.2) is 15.0 Å². The van der Waals surface area contributed by atoms with E-state index >= 15 is 0 Å². The molecule has 0 radical (unpaired) electrons. The summed E-state index contributed by atoms with van der Waals surface area (Å²) in [7, 11) is 0. The smallest absolute Gasteiger partial charge is 0.134 e. The number of hydrogen-bond donors (Lipinski definition) is 1. The number of nitrogens with zero attached hydrogens (tertiary/aromatic N) is 3. The first-order valence-electron chi connectivity index (χ1n) is 9.04. The average Bonchev–Trinajstić information content (AvgIpc) is 2.73. The Hall–Kier alpha value is -3.53. The number of pyridine rings is 1. The lowest BCUT2D eigenvalue weighted by Gasteiger charge is -2.18. The van der Waals surface area contributed by atoms with E-state index in [1.807, 2.05) is 18.3 Å². The molecule has 0 bridgehead atoms. The molecule has 2 aromatic heterocycles. The van der Waals surface area contributed by atoms with Gasteiger partial charge in [0.05, 0.1) is 11.2 Å². The van der Waals surface area contributed by atoms with Crippen molar-refractivity contribution in [3.05, 3.63) is 83.9 Å². The quantitative estimate of drug-likeness (QED) is 0.566. The third-order valence-electron chi connectivity index (χ3n) is 5.14. The standard InChI is InChI=1S/C23H18N4/c24-23-20-13-17(9-10-21(20)26-14-27-23)19-6-3-11-25-22(19)18-8-7-15-4-1-2-5-16(15)12-18/h1-6,9-14H,7-8H2,(H2,24,26,27). The highest BCUT2D eigenvalue weighted by molar-refractivity contribution is 5.94. The number of allylic oxidation sites excluding steroid dienone is 1. The molecule has 2 aromatic carbocycles. The topological polar surface area (TPSA) is 64.7 Å². The molecule has 130 valence electrons. The minimum atomic E-state index is 0.498. The second kappa shape index (κ2) is 6.32. The summed E-state index contributed by atoms with van der Waals surface area (Å²) in [5, 5.41) is 0.868. The first-order valence-corrected chi connectivity index (χ1v) is 9.04. The molecule has 2 N–H and O–H groups in total. The van der Waals surface area contributed by atoms with Crippen molar-refractivity contribution < 1.29 is 0 Å². The molecular weight excluding hydrogens is 332 g/mol. The predicted molar refractivity (Wildman–Crippen MR) is 110 cm³/mol. The van der Waals surface area contributed by atoms with E-state index < -0.39 is 0 Å². The van der Waals surface area contributed by atoms with Crippen LogP contribution >= 0.6 is 0 Å². The summed E-state index contributed by atoms with van der Waals surface area (Å²) in [5.74, 6) is 0.498. The largest absolute Gasteiger partial charge is 0.383 e. The summed E-state index contributed by atoms with van der Waals surface area (Å²) in [4.78, 5) is 13.1. The highest BCUT2D eigenvalue weighted by Crippen LogP contribution is 2.35. The van der Waals surface area contributed by atoms with Gasteiger partial charge in [0.2, 0.25) is 0 Å². The number of anilines is 1. The van der Waals surface area contributed by atoms with Crippen molar-refractivity contribution >= 4 is 28.4 Å². The second-order valence-corrected chi connectivity index (χ2v) is 6.76. The Bertz CT molecular complexity index is 1190. The van der Waals surface area contributed by atoms with Crippen LogP contribution in [0.1, 0.15) is 23.2 Å². The molecule has 0 amide bonds. The number of rotatable bonds is 2. The molecule has 5 rings (SSSR count). The Labute approximate surface area is 157 Å². The molecule has 0 aliphatic heterocycles. The molecule has 4 heteroatoms. The van der Waals surface area contributed by atoms with Crippen LogP contribution in [-0.2, 0) is 6.42 Å². The monoisotopic (exact) mass is 350 g/mol. The van der Waals surface area contributed by atoms with Gasteiger partial charge in [-0.05, 0) is 59.4 Å². The maximum Gasteiger partial charge on any atom is 0.134 e. The summed E-state index contributed by atoms with van der Waals surface area (Å²) < 4.78 is 0. The van der Waals surface area contributed by atoms with Gasteiger partial charge in [-0.15, -0.1) is 0 Å². The fourth-order valence-electron chi connectivity index (χ4n) is 3.76. The van der Waals surface area contributed by atoms with Crippen LogP contribution in [0.15, 0.2) is 67.1 Å². The van der Waals surface area contributed by atoms with Crippen molar-refractivity contribution in [2.45, 2.75) is 12.8 Å². The van der Waals surface area contributed by atoms with E-state index in [-0.39, 0.29) is 0 Å². The van der Waals surface area contributed by atoms with E-state index in [9.17, 15) is 0 Å². The molecule has 4 nitrogen and oxygen atoms in total. The van der Waals surface area contributed by atoms with Crippen LogP contribution in [0.25, 0.3) is 33.7 Å². The van der Waals surface area contributed by atoms with Gasteiger partial charge in [0, 0.05) is 17.1 Å². The van der Waals surface area contributed by atoms with Crippen LogP contribution in [0, 0.1) is 0 Å². The number of aryl methyl sites for hydroxylation is 1. The van der Waals surface area contributed by atoms with Gasteiger partial charge in [-0.1, -0.05) is 36.4 Å². The maximum absolute atomic E-state index is 6.06. The van der Waals surface area contributed by atoms with Crippen molar-refractivity contribution in [3.63, 3.8) is 0 Å². The Morgan fingerprint density at radius 2 is 1.78 bits per heavy atom. The SMILES string of the molecule is Nc1ncnc2ccc(-c3cccnc3C3=Cc4ccccc4CC3)cc12. The molecule has 0 saturated carbocycles. The first-order chi connectivity index (χ1) is 13.3. The van der Waals surface area contributed by atoms with E-state index in [1.165, 1.54) is 23.0 Å².